The van der Waals surface area contributed by atoms with Crippen LogP contribution in [-0.4, -0.2) is 60.4 Å². The first kappa shape index (κ1) is 23.5. The van der Waals surface area contributed by atoms with Gasteiger partial charge < -0.3 is 4.90 Å². The van der Waals surface area contributed by atoms with Crippen LogP contribution in [0.3, 0.4) is 0 Å². The van der Waals surface area contributed by atoms with E-state index in [-0.39, 0.29) is 18.4 Å². The Hall–Kier alpha value is -2.28. The topological polar surface area (TPSA) is 43.9 Å². The molecule has 2 heterocycles. The molecule has 0 aromatic heterocycles. The third-order valence-corrected chi connectivity index (χ3v) is 8.34. The van der Waals surface area contributed by atoms with Gasteiger partial charge in [0, 0.05) is 42.1 Å². The van der Waals surface area contributed by atoms with Gasteiger partial charge in [-0.1, -0.05) is 66.9 Å². The molecule has 1 aliphatic carbocycles. The average molecular weight is 496 g/mol. The fourth-order valence-corrected chi connectivity index (χ4v) is 6.44. The number of fused-ring (bicyclic) bond motifs is 1. The zero-order valence-corrected chi connectivity index (χ0v) is 20.9. The van der Waals surface area contributed by atoms with Crippen molar-refractivity contribution in [1.29, 1.82) is 0 Å². The highest BCUT2D eigenvalue weighted by atomic mass is 35.5. The molecule has 0 radical (unpaired) electrons. The van der Waals surface area contributed by atoms with Gasteiger partial charge in [-0.05, 0) is 48.7 Å². The summed E-state index contributed by atoms with van der Waals surface area (Å²) >= 11 is 7.58. The highest BCUT2D eigenvalue weighted by molar-refractivity contribution is 8.04. The Morgan fingerprint density at radius 3 is 2.53 bits per heavy atom. The number of thioether (sulfide) groups is 1. The van der Waals surface area contributed by atoms with Gasteiger partial charge in [0.15, 0.2) is 0 Å². The zero-order chi connectivity index (χ0) is 23.5. The largest absolute Gasteiger partial charge is 0.339 e. The van der Waals surface area contributed by atoms with Crippen LogP contribution in [0.5, 0.6) is 0 Å². The zero-order valence-electron chi connectivity index (χ0n) is 19.3. The van der Waals surface area contributed by atoms with E-state index in [2.05, 4.69) is 4.90 Å². The first-order chi connectivity index (χ1) is 16.6. The maximum absolute atomic E-state index is 13.5. The molecule has 0 N–H and O–H groups in total. The number of rotatable bonds is 4. The van der Waals surface area contributed by atoms with Crippen LogP contribution in [0.2, 0.25) is 5.02 Å². The van der Waals surface area contributed by atoms with Crippen molar-refractivity contribution >= 4 is 46.9 Å². The Balaban J connectivity index is 1.30. The molecule has 3 aliphatic rings. The number of halogens is 1. The van der Waals surface area contributed by atoms with Gasteiger partial charge in [0.05, 0.1) is 10.6 Å². The summed E-state index contributed by atoms with van der Waals surface area (Å²) in [4.78, 5) is 34.5. The third-order valence-electron chi connectivity index (χ3n) is 7.03. The lowest BCUT2D eigenvalue weighted by atomic mass is 9.94. The van der Waals surface area contributed by atoms with Crippen LogP contribution >= 0.6 is 23.4 Å². The molecule has 5 nitrogen and oxygen atoms in total. The number of nitrogens with zero attached hydrogens (tertiary/aromatic N) is 3. The van der Waals surface area contributed by atoms with Crippen LogP contribution in [-0.2, 0) is 9.59 Å². The number of amides is 2. The molecular formula is C27H30ClN3O2S. The highest BCUT2D eigenvalue weighted by Gasteiger charge is 2.33. The maximum atomic E-state index is 13.5. The predicted octanol–water partition coefficient (Wildman–Crippen LogP) is 5.30. The van der Waals surface area contributed by atoms with Crippen molar-refractivity contribution in [1.82, 2.24) is 9.80 Å². The fraction of sp³-hybridized carbons (Fsp3) is 0.407. The molecule has 2 aromatic rings. The van der Waals surface area contributed by atoms with E-state index in [1.54, 1.807) is 4.90 Å². The average Bonchev–Trinajstić information content (AvgIpc) is 2.87. The van der Waals surface area contributed by atoms with Gasteiger partial charge >= 0.3 is 0 Å². The quantitative estimate of drug-likeness (QED) is 0.540. The second-order valence-electron chi connectivity index (χ2n) is 9.23. The summed E-state index contributed by atoms with van der Waals surface area (Å²) in [6, 6.07) is 15.9. The summed E-state index contributed by atoms with van der Waals surface area (Å²) in [5.74, 6) is -0.127. The minimum atomic E-state index is -0.141. The predicted molar refractivity (Wildman–Crippen MR) is 139 cm³/mol. The molecule has 0 atom stereocenters. The Morgan fingerprint density at radius 1 is 1.00 bits per heavy atom. The summed E-state index contributed by atoms with van der Waals surface area (Å²) in [5, 5.41) is 0.627. The van der Waals surface area contributed by atoms with E-state index < -0.39 is 0 Å². The van der Waals surface area contributed by atoms with Gasteiger partial charge in [0.2, 0.25) is 5.91 Å². The molecule has 2 aromatic carbocycles. The van der Waals surface area contributed by atoms with Crippen LogP contribution in [0.15, 0.2) is 58.3 Å². The molecule has 34 heavy (non-hydrogen) atoms. The van der Waals surface area contributed by atoms with Crippen molar-refractivity contribution in [3.05, 3.63) is 64.0 Å². The SMILES string of the molecule is O=C(CN1C(=O)C(=Cc2cccc(Cl)c2)Sc2ccccc21)N1CCN(C2CCCCC2)CC1. The smallest absolute Gasteiger partial charge is 0.265 e. The van der Waals surface area contributed by atoms with Crippen molar-refractivity contribution in [2.45, 2.75) is 43.0 Å². The summed E-state index contributed by atoms with van der Waals surface area (Å²) in [5.41, 5.74) is 1.67. The highest BCUT2D eigenvalue weighted by Crippen LogP contribution is 2.42. The maximum Gasteiger partial charge on any atom is 0.265 e. The Labute approximate surface area is 210 Å². The molecule has 0 unspecified atom stereocenters. The number of piperazine rings is 1. The first-order valence-corrected chi connectivity index (χ1v) is 13.4. The van der Waals surface area contributed by atoms with Crippen molar-refractivity contribution in [3.63, 3.8) is 0 Å². The van der Waals surface area contributed by atoms with Gasteiger partial charge in [-0.25, -0.2) is 0 Å². The van der Waals surface area contributed by atoms with Crippen molar-refractivity contribution in [2.24, 2.45) is 0 Å². The summed E-state index contributed by atoms with van der Waals surface area (Å²) in [7, 11) is 0. The Morgan fingerprint density at radius 2 is 1.76 bits per heavy atom. The number of carbonyl (C=O) groups excluding carboxylic acids is 2. The third kappa shape index (κ3) is 5.19. The van der Waals surface area contributed by atoms with E-state index in [4.69, 9.17) is 11.6 Å². The van der Waals surface area contributed by atoms with E-state index in [0.717, 1.165) is 42.3 Å². The molecule has 1 saturated carbocycles. The number of benzene rings is 2. The second kappa shape index (κ2) is 10.5. The van der Waals surface area contributed by atoms with Crippen LogP contribution in [0.25, 0.3) is 6.08 Å². The first-order valence-electron chi connectivity index (χ1n) is 12.2. The molecule has 7 heteroatoms. The van der Waals surface area contributed by atoms with E-state index in [9.17, 15) is 9.59 Å². The molecule has 5 rings (SSSR count). The molecule has 0 spiro atoms. The number of para-hydroxylation sites is 1. The number of hydrogen-bond donors (Lipinski definition) is 0. The Kier molecular flexibility index (Phi) is 7.28. The van der Waals surface area contributed by atoms with E-state index in [0.29, 0.717) is 16.0 Å². The molecular weight excluding hydrogens is 466 g/mol. The normalized spacial score (nSPS) is 21.1. The lowest BCUT2D eigenvalue weighted by Gasteiger charge is -2.41. The second-order valence-corrected chi connectivity index (χ2v) is 10.8. The minimum absolute atomic E-state index is 0.0143. The molecule has 2 fully saturated rings. The molecule has 178 valence electrons. The van der Waals surface area contributed by atoms with Gasteiger partial charge in [-0.2, -0.15) is 0 Å². The van der Waals surface area contributed by atoms with Crippen LogP contribution < -0.4 is 4.90 Å². The standard InChI is InChI=1S/C27H30ClN3O2S/c28-21-8-6-7-20(17-21)18-25-27(33)31(23-11-4-5-12-24(23)34-25)19-26(32)30-15-13-29(14-16-30)22-9-2-1-3-10-22/h4-8,11-12,17-18,22H,1-3,9-10,13-16,19H2. The van der Waals surface area contributed by atoms with Gasteiger partial charge in [0.25, 0.3) is 5.91 Å². The van der Waals surface area contributed by atoms with E-state index in [1.807, 2.05) is 59.5 Å². The number of carbonyl (C=O) groups is 2. The van der Waals surface area contributed by atoms with Crippen LogP contribution in [0.1, 0.15) is 37.7 Å². The van der Waals surface area contributed by atoms with Crippen LogP contribution in [0, 0.1) is 0 Å². The van der Waals surface area contributed by atoms with E-state index >= 15 is 0 Å². The molecule has 2 amide bonds. The molecule has 1 saturated heterocycles. The van der Waals surface area contributed by atoms with Gasteiger partial charge in [-0.3, -0.25) is 19.4 Å². The number of hydrogen-bond acceptors (Lipinski definition) is 4. The summed E-state index contributed by atoms with van der Waals surface area (Å²) in [6.07, 6.45) is 8.42. The van der Waals surface area contributed by atoms with E-state index in [1.165, 1.54) is 43.9 Å². The summed E-state index contributed by atoms with van der Waals surface area (Å²) < 4.78 is 0. The van der Waals surface area contributed by atoms with Crippen LogP contribution in [0.4, 0.5) is 5.69 Å². The summed E-state index contributed by atoms with van der Waals surface area (Å²) in [6.45, 7) is 3.39. The lowest BCUT2D eigenvalue weighted by molar-refractivity contribution is -0.133. The van der Waals surface area contributed by atoms with Crippen molar-refractivity contribution in [2.75, 3.05) is 37.6 Å². The molecule has 0 bridgehead atoms. The number of anilines is 1. The van der Waals surface area contributed by atoms with Crippen molar-refractivity contribution < 1.29 is 9.59 Å². The fourth-order valence-electron chi connectivity index (χ4n) is 5.18. The minimum Gasteiger partial charge on any atom is -0.339 e. The lowest BCUT2D eigenvalue weighted by Crippen LogP contribution is -2.54. The Bertz CT molecular complexity index is 1090. The van der Waals surface area contributed by atoms with Gasteiger partial charge in [-0.15, -0.1) is 0 Å². The van der Waals surface area contributed by atoms with Crippen molar-refractivity contribution in [3.8, 4) is 0 Å². The molecule has 2 aliphatic heterocycles. The van der Waals surface area contributed by atoms with Gasteiger partial charge in [0.1, 0.15) is 6.54 Å². The monoisotopic (exact) mass is 495 g/mol.